The number of hydrogen-bond donors (Lipinski definition) is 1. The van der Waals surface area contributed by atoms with E-state index in [0.717, 1.165) is 36.5 Å². The first-order valence-corrected chi connectivity index (χ1v) is 9.11. The van der Waals surface area contributed by atoms with Gasteiger partial charge in [0.25, 0.3) is 0 Å². The van der Waals surface area contributed by atoms with Crippen LogP contribution in [-0.4, -0.2) is 42.3 Å². The number of rotatable bonds is 5. The van der Waals surface area contributed by atoms with Gasteiger partial charge in [-0.25, -0.2) is 0 Å². The number of likely N-dealkylation sites (tertiary alicyclic amines) is 1. The van der Waals surface area contributed by atoms with Crippen LogP contribution in [0.1, 0.15) is 29.7 Å². The standard InChI is InChI=1S/C20H25ClN2O3/c1-14-4-5-18(22-12-14)20(24)6-8-23(9-7-20)13-15-10-16(21)19(26-3)17(11-15)25-2/h4-5,10-12,24H,6-9,13H2,1-3H3. The number of hydrogen-bond acceptors (Lipinski definition) is 5. The fourth-order valence-corrected chi connectivity index (χ4v) is 3.71. The Balaban J connectivity index is 1.67. The minimum absolute atomic E-state index is 0.541. The molecule has 0 unspecified atom stereocenters. The zero-order chi connectivity index (χ0) is 18.7. The summed E-state index contributed by atoms with van der Waals surface area (Å²) in [5.41, 5.74) is 2.07. The summed E-state index contributed by atoms with van der Waals surface area (Å²) < 4.78 is 10.7. The summed E-state index contributed by atoms with van der Waals surface area (Å²) in [4.78, 5) is 6.73. The van der Waals surface area contributed by atoms with E-state index in [1.54, 1.807) is 14.2 Å². The smallest absolute Gasteiger partial charge is 0.179 e. The average Bonchev–Trinajstić information content (AvgIpc) is 2.63. The quantitative estimate of drug-likeness (QED) is 0.864. The number of benzene rings is 1. The zero-order valence-electron chi connectivity index (χ0n) is 15.5. The molecule has 2 heterocycles. The number of piperidine rings is 1. The van der Waals surface area contributed by atoms with Gasteiger partial charge in [0, 0.05) is 25.8 Å². The largest absolute Gasteiger partial charge is 0.493 e. The van der Waals surface area contributed by atoms with Crippen LogP contribution in [0.4, 0.5) is 0 Å². The number of aromatic nitrogens is 1. The Labute approximate surface area is 159 Å². The zero-order valence-corrected chi connectivity index (χ0v) is 16.2. The molecule has 1 aromatic heterocycles. The normalized spacial score (nSPS) is 17.1. The maximum Gasteiger partial charge on any atom is 0.179 e. The Morgan fingerprint density at radius 1 is 1.19 bits per heavy atom. The molecular weight excluding hydrogens is 352 g/mol. The van der Waals surface area contributed by atoms with Gasteiger partial charge >= 0.3 is 0 Å². The fourth-order valence-electron chi connectivity index (χ4n) is 3.40. The number of ether oxygens (including phenoxy) is 2. The lowest BCUT2D eigenvalue weighted by molar-refractivity contribution is -0.0311. The average molecular weight is 377 g/mol. The van der Waals surface area contributed by atoms with Gasteiger partial charge in [0.1, 0.15) is 5.60 Å². The summed E-state index contributed by atoms with van der Waals surface area (Å²) in [6.45, 7) is 4.32. The predicted molar refractivity (Wildman–Crippen MR) is 102 cm³/mol. The van der Waals surface area contributed by atoms with Crippen molar-refractivity contribution in [3.05, 3.63) is 52.3 Å². The van der Waals surface area contributed by atoms with Gasteiger partial charge in [0.05, 0.1) is 24.9 Å². The van der Waals surface area contributed by atoms with Crippen LogP contribution in [0.2, 0.25) is 5.02 Å². The highest BCUT2D eigenvalue weighted by Crippen LogP contribution is 2.37. The van der Waals surface area contributed by atoms with E-state index in [-0.39, 0.29) is 0 Å². The second kappa shape index (κ2) is 7.82. The van der Waals surface area contributed by atoms with Gasteiger partial charge in [-0.05, 0) is 49.1 Å². The summed E-state index contributed by atoms with van der Waals surface area (Å²) >= 11 is 6.30. The Morgan fingerprint density at radius 2 is 1.92 bits per heavy atom. The minimum atomic E-state index is -0.848. The Morgan fingerprint density at radius 3 is 2.50 bits per heavy atom. The van der Waals surface area contributed by atoms with Crippen LogP contribution in [0, 0.1) is 6.92 Å². The number of nitrogens with zero attached hydrogens (tertiary/aromatic N) is 2. The minimum Gasteiger partial charge on any atom is -0.493 e. The molecule has 1 aliphatic rings. The van der Waals surface area contributed by atoms with Crippen molar-refractivity contribution in [2.75, 3.05) is 27.3 Å². The summed E-state index contributed by atoms with van der Waals surface area (Å²) in [5, 5.41) is 11.5. The molecule has 0 bridgehead atoms. The lowest BCUT2D eigenvalue weighted by Gasteiger charge is -2.38. The molecule has 5 nitrogen and oxygen atoms in total. The van der Waals surface area contributed by atoms with Gasteiger partial charge in [-0.2, -0.15) is 0 Å². The van der Waals surface area contributed by atoms with Crippen molar-refractivity contribution in [3.63, 3.8) is 0 Å². The van der Waals surface area contributed by atoms with Gasteiger partial charge in [0.15, 0.2) is 11.5 Å². The monoisotopic (exact) mass is 376 g/mol. The Hall–Kier alpha value is -1.82. The van der Waals surface area contributed by atoms with Crippen molar-refractivity contribution in [1.82, 2.24) is 9.88 Å². The molecule has 1 saturated heterocycles. The van der Waals surface area contributed by atoms with Crippen molar-refractivity contribution in [3.8, 4) is 11.5 Å². The third-order valence-electron chi connectivity index (χ3n) is 4.97. The molecule has 1 aliphatic heterocycles. The highest BCUT2D eigenvalue weighted by Gasteiger charge is 2.35. The van der Waals surface area contributed by atoms with E-state index in [4.69, 9.17) is 21.1 Å². The van der Waals surface area contributed by atoms with E-state index in [0.29, 0.717) is 29.4 Å². The molecule has 0 spiro atoms. The highest BCUT2D eigenvalue weighted by atomic mass is 35.5. The number of methoxy groups -OCH3 is 2. The van der Waals surface area contributed by atoms with Gasteiger partial charge in [-0.3, -0.25) is 9.88 Å². The van der Waals surface area contributed by atoms with E-state index in [9.17, 15) is 5.11 Å². The molecule has 1 aromatic carbocycles. The molecule has 2 aromatic rings. The van der Waals surface area contributed by atoms with E-state index >= 15 is 0 Å². The lowest BCUT2D eigenvalue weighted by Crippen LogP contribution is -2.42. The van der Waals surface area contributed by atoms with Crippen molar-refractivity contribution < 1.29 is 14.6 Å². The molecular formula is C20H25ClN2O3. The topological polar surface area (TPSA) is 54.8 Å². The van der Waals surface area contributed by atoms with Crippen molar-refractivity contribution in [2.24, 2.45) is 0 Å². The maximum absolute atomic E-state index is 11.0. The predicted octanol–water partition coefficient (Wildman–Crippen LogP) is 3.54. The van der Waals surface area contributed by atoms with Crippen LogP contribution in [-0.2, 0) is 12.1 Å². The first-order valence-electron chi connectivity index (χ1n) is 8.73. The number of pyridine rings is 1. The number of aryl methyl sites for hydroxylation is 1. The molecule has 0 saturated carbocycles. The second-order valence-electron chi connectivity index (χ2n) is 6.84. The first kappa shape index (κ1) is 19.0. The van der Waals surface area contributed by atoms with Gasteiger partial charge in [-0.1, -0.05) is 17.7 Å². The van der Waals surface area contributed by atoms with Crippen LogP contribution >= 0.6 is 11.6 Å². The van der Waals surface area contributed by atoms with Crippen molar-refractivity contribution in [2.45, 2.75) is 31.9 Å². The van der Waals surface area contributed by atoms with Crippen LogP contribution in [0.15, 0.2) is 30.5 Å². The molecule has 0 atom stereocenters. The summed E-state index contributed by atoms with van der Waals surface area (Å²) in [6, 6.07) is 7.79. The molecule has 6 heteroatoms. The number of aliphatic hydroxyl groups is 1. The van der Waals surface area contributed by atoms with E-state index in [1.807, 2.05) is 37.4 Å². The van der Waals surface area contributed by atoms with Crippen LogP contribution in [0.3, 0.4) is 0 Å². The molecule has 1 N–H and O–H groups in total. The SMILES string of the molecule is COc1cc(CN2CCC(O)(c3ccc(C)cn3)CC2)cc(Cl)c1OC. The van der Waals surface area contributed by atoms with Crippen LogP contribution in [0.5, 0.6) is 11.5 Å². The summed E-state index contributed by atoms with van der Waals surface area (Å²) in [7, 11) is 3.18. The fraction of sp³-hybridized carbons (Fsp3) is 0.450. The second-order valence-corrected chi connectivity index (χ2v) is 7.25. The van der Waals surface area contributed by atoms with E-state index in [2.05, 4.69) is 9.88 Å². The molecule has 0 amide bonds. The third-order valence-corrected chi connectivity index (χ3v) is 5.25. The van der Waals surface area contributed by atoms with Crippen LogP contribution < -0.4 is 9.47 Å². The first-order chi connectivity index (χ1) is 12.4. The van der Waals surface area contributed by atoms with Crippen molar-refractivity contribution >= 4 is 11.6 Å². The summed E-state index contributed by atoms with van der Waals surface area (Å²) in [5.74, 6) is 1.18. The van der Waals surface area contributed by atoms with Gasteiger partial charge < -0.3 is 14.6 Å². The van der Waals surface area contributed by atoms with Crippen LogP contribution in [0.25, 0.3) is 0 Å². The molecule has 0 aliphatic carbocycles. The van der Waals surface area contributed by atoms with E-state index in [1.165, 1.54) is 0 Å². The van der Waals surface area contributed by atoms with Gasteiger partial charge in [0.2, 0.25) is 0 Å². The maximum atomic E-state index is 11.0. The third kappa shape index (κ3) is 3.95. The Kier molecular flexibility index (Phi) is 5.70. The molecule has 0 radical (unpaired) electrons. The molecule has 140 valence electrons. The summed E-state index contributed by atoms with van der Waals surface area (Å²) in [6.07, 6.45) is 3.12. The van der Waals surface area contributed by atoms with E-state index < -0.39 is 5.60 Å². The molecule has 26 heavy (non-hydrogen) atoms. The molecule has 3 rings (SSSR count). The highest BCUT2D eigenvalue weighted by molar-refractivity contribution is 6.32. The molecule has 1 fully saturated rings. The Bertz CT molecular complexity index is 756. The van der Waals surface area contributed by atoms with Gasteiger partial charge in [-0.15, -0.1) is 0 Å². The lowest BCUT2D eigenvalue weighted by atomic mass is 9.87. The number of halogens is 1. The van der Waals surface area contributed by atoms with Crippen molar-refractivity contribution in [1.29, 1.82) is 0 Å².